The minimum absolute atomic E-state index is 0.306. The molecule has 0 radical (unpaired) electrons. The van der Waals surface area contributed by atoms with Crippen LogP contribution in [0.25, 0.3) is 0 Å². The van der Waals surface area contributed by atoms with E-state index in [9.17, 15) is 14.7 Å². The van der Waals surface area contributed by atoms with Crippen LogP contribution in [-0.2, 0) is 11.2 Å². The smallest absolute Gasteiger partial charge is 0.329 e. The Morgan fingerprint density at radius 2 is 1.88 bits per heavy atom. The summed E-state index contributed by atoms with van der Waals surface area (Å²) in [7, 11) is 1.60. The number of thiazole rings is 1. The lowest BCUT2D eigenvalue weighted by molar-refractivity contribution is -0.151. The molecule has 3 rings (SSSR count). The average Bonchev–Trinajstić information content (AvgIpc) is 3.10. The summed E-state index contributed by atoms with van der Waals surface area (Å²) in [4.78, 5) is 30.6. The zero-order chi connectivity index (χ0) is 17.9. The van der Waals surface area contributed by atoms with Crippen LogP contribution in [0.15, 0.2) is 35.7 Å². The number of hydrogen-bond donors (Lipinski definition) is 1. The molecule has 1 aliphatic carbocycles. The molecular formula is C19H22N2O3S. The summed E-state index contributed by atoms with van der Waals surface area (Å²) >= 11 is 1.44. The Balaban J connectivity index is 1.77. The first-order valence-corrected chi connectivity index (χ1v) is 9.41. The number of nitrogens with zero attached hydrogens (tertiary/aromatic N) is 2. The third-order valence-corrected chi connectivity index (χ3v) is 5.84. The van der Waals surface area contributed by atoms with Crippen molar-refractivity contribution in [1.29, 1.82) is 0 Å². The standard InChI is InChI=1S/C19H22N2O3S/c1-21(19(18(23)24)10-6-3-7-11-19)17(22)15-13-25-16(20-15)12-14-8-4-2-5-9-14/h2,4-5,8-9,13H,3,6-7,10-12H2,1H3,(H,23,24). The third kappa shape index (κ3) is 3.58. The molecular weight excluding hydrogens is 336 g/mol. The molecule has 6 heteroatoms. The van der Waals surface area contributed by atoms with Crippen LogP contribution >= 0.6 is 11.3 Å². The van der Waals surface area contributed by atoms with E-state index in [0.29, 0.717) is 25.0 Å². The van der Waals surface area contributed by atoms with Crippen molar-refractivity contribution in [3.8, 4) is 0 Å². The molecule has 0 aliphatic heterocycles. The topological polar surface area (TPSA) is 70.5 Å². The van der Waals surface area contributed by atoms with Crippen molar-refractivity contribution in [3.63, 3.8) is 0 Å². The molecule has 1 aromatic heterocycles. The van der Waals surface area contributed by atoms with Crippen LogP contribution in [0.4, 0.5) is 0 Å². The first kappa shape index (κ1) is 17.6. The molecule has 1 fully saturated rings. The van der Waals surface area contributed by atoms with Gasteiger partial charge in [0.05, 0.1) is 5.01 Å². The number of amides is 1. The van der Waals surface area contributed by atoms with Crippen molar-refractivity contribution in [3.05, 3.63) is 52.0 Å². The zero-order valence-electron chi connectivity index (χ0n) is 14.3. The van der Waals surface area contributed by atoms with Gasteiger partial charge in [-0.25, -0.2) is 9.78 Å². The van der Waals surface area contributed by atoms with Crippen LogP contribution in [-0.4, -0.2) is 39.5 Å². The predicted molar refractivity (Wildman–Crippen MR) is 96.9 cm³/mol. The van der Waals surface area contributed by atoms with Gasteiger partial charge >= 0.3 is 5.97 Å². The largest absolute Gasteiger partial charge is 0.479 e. The van der Waals surface area contributed by atoms with Crippen LogP contribution in [0.5, 0.6) is 0 Å². The van der Waals surface area contributed by atoms with Gasteiger partial charge in [-0.2, -0.15) is 0 Å². The van der Waals surface area contributed by atoms with E-state index in [4.69, 9.17) is 0 Å². The molecule has 0 bridgehead atoms. The Morgan fingerprint density at radius 3 is 2.52 bits per heavy atom. The van der Waals surface area contributed by atoms with E-state index in [2.05, 4.69) is 4.98 Å². The molecule has 2 aromatic rings. The summed E-state index contributed by atoms with van der Waals surface area (Å²) in [6, 6.07) is 9.96. The lowest BCUT2D eigenvalue weighted by atomic mass is 9.80. The molecule has 0 saturated heterocycles. The number of aromatic nitrogens is 1. The fourth-order valence-electron chi connectivity index (χ4n) is 3.46. The Morgan fingerprint density at radius 1 is 1.20 bits per heavy atom. The van der Waals surface area contributed by atoms with Gasteiger partial charge in [-0.15, -0.1) is 11.3 Å². The fourth-order valence-corrected chi connectivity index (χ4v) is 4.26. The molecule has 1 heterocycles. The van der Waals surface area contributed by atoms with Crippen molar-refractivity contribution in [2.24, 2.45) is 0 Å². The zero-order valence-corrected chi connectivity index (χ0v) is 15.1. The molecule has 0 spiro atoms. The van der Waals surface area contributed by atoms with Gasteiger partial charge in [0.2, 0.25) is 0 Å². The van der Waals surface area contributed by atoms with Gasteiger partial charge in [-0.3, -0.25) is 4.79 Å². The van der Waals surface area contributed by atoms with Crippen LogP contribution in [0.1, 0.15) is 53.2 Å². The second kappa shape index (κ2) is 7.35. The van der Waals surface area contributed by atoms with Crippen LogP contribution in [0.2, 0.25) is 0 Å². The van der Waals surface area contributed by atoms with E-state index < -0.39 is 11.5 Å². The Labute approximate surface area is 151 Å². The lowest BCUT2D eigenvalue weighted by Crippen LogP contribution is -2.56. The minimum Gasteiger partial charge on any atom is -0.479 e. The number of hydrogen-bond acceptors (Lipinski definition) is 4. The summed E-state index contributed by atoms with van der Waals surface area (Å²) in [5.74, 6) is -1.22. The van der Waals surface area contributed by atoms with Crippen molar-refractivity contribution >= 4 is 23.2 Å². The SMILES string of the molecule is CN(C(=O)c1csc(Cc2ccccc2)n1)C1(C(=O)O)CCCCC1. The molecule has 1 amide bonds. The fraction of sp³-hybridized carbons (Fsp3) is 0.421. The quantitative estimate of drug-likeness (QED) is 0.887. The number of carbonyl (C=O) groups excluding carboxylic acids is 1. The Kier molecular flexibility index (Phi) is 5.18. The Hall–Kier alpha value is -2.21. The highest BCUT2D eigenvalue weighted by molar-refractivity contribution is 7.09. The molecule has 25 heavy (non-hydrogen) atoms. The first-order chi connectivity index (χ1) is 12.0. The number of rotatable bonds is 5. The summed E-state index contributed by atoms with van der Waals surface area (Å²) in [6.07, 6.45) is 4.37. The van der Waals surface area contributed by atoms with Gasteiger partial charge in [0.25, 0.3) is 5.91 Å². The Bertz CT molecular complexity index is 751. The number of carbonyl (C=O) groups is 2. The molecule has 1 aromatic carbocycles. The highest BCUT2D eigenvalue weighted by Gasteiger charge is 2.46. The van der Waals surface area contributed by atoms with Crippen molar-refractivity contribution in [2.75, 3.05) is 7.05 Å². The highest BCUT2D eigenvalue weighted by atomic mass is 32.1. The van der Waals surface area contributed by atoms with E-state index >= 15 is 0 Å². The van der Waals surface area contributed by atoms with Crippen molar-refractivity contribution in [2.45, 2.75) is 44.1 Å². The highest BCUT2D eigenvalue weighted by Crippen LogP contribution is 2.34. The van der Waals surface area contributed by atoms with Crippen LogP contribution in [0.3, 0.4) is 0 Å². The minimum atomic E-state index is -1.10. The number of carboxylic acids is 1. The monoisotopic (exact) mass is 358 g/mol. The van der Waals surface area contributed by atoms with E-state index in [0.717, 1.165) is 29.8 Å². The summed E-state index contributed by atoms with van der Waals surface area (Å²) in [6.45, 7) is 0. The van der Waals surface area contributed by atoms with Crippen LogP contribution in [0, 0.1) is 0 Å². The second-order valence-electron chi connectivity index (χ2n) is 6.55. The van der Waals surface area contributed by atoms with Crippen LogP contribution < -0.4 is 0 Å². The first-order valence-electron chi connectivity index (χ1n) is 8.53. The molecule has 0 atom stereocenters. The maximum absolute atomic E-state index is 12.8. The molecule has 5 nitrogen and oxygen atoms in total. The van der Waals surface area contributed by atoms with Crippen molar-refractivity contribution < 1.29 is 14.7 Å². The van der Waals surface area contributed by atoms with E-state index in [1.807, 2.05) is 30.3 Å². The van der Waals surface area contributed by atoms with E-state index in [1.165, 1.54) is 16.2 Å². The van der Waals surface area contributed by atoms with Gasteiger partial charge in [0.1, 0.15) is 11.2 Å². The maximum Gasteiger partial charge on any atom is 0.329 e. The van der Waals surface area contributed by atoms with Crippen molar-refractivity contribution in [1.82, 2.24) is 9.88 Å². The van der Waals surface area contributed by atoms with Gasteiger partial charge in [-0.1, -0.05) is 49.6 Å². The van der Waals surface area contributed by atoms with Gasteiger partial charge in [0.15, 0.2) is 0 Å². The molecule has 1 aliphatic rings. The predicted octanol–water partition coefficient (Wildman–Crippen LogP) is 3.59. The van der Waals surface area contributed by atoms with Gasteiger partial charge < -0.3 is 10.0 Å². The number of likely N-dealkylation sites (N-methyl/N-ethyl adjacent to an activating group) is 1. The normalized spacial score (nSPS) is 16.4. The molecule has 1 saturated carbocycles. The number of benzene rings is 1. The molecule has 1 N–H and O–H groups in total. The number of aliphatic carboxylic acids is 1. The van der Waals surface area contributed by atoms with E-state index in [1.54, 1.807) is 12.4 Å². The van der Waals surface area contributed by atoms with Gasteiger partial charge in [0, 0.05) is 18.8 Å². The summed E-state index contributed by atoms with van der Waals surface area (Å²) in [5, 5.41) is 12.3. The summed E-state index contributed by atoms with van der Waals surface area (Å²) in [5.41, 5.74) is 0.376. The molecule has 132 valence electrons. The lowest BCUT2D eigenvalue weighted by Gasteiger charge is -2.40. The summed E-state index contributed by atoms with van der Waals surface area (Å²) < 4.78 is 0. The average molecular weight is 358 g/mol. The number of carboxylic acid groups (broad SMARTS) is 1. The second-order valence-corrected chi connectivity index (χ2v) is 7.49. The molecule has 0 unspecified atom stereocenters. The third-order valence-electron chi connectivity index (χ3n) is 4.99. The van der Waals surface area contributed by atoms with E-state index in [-0.39, 0.29) is 5.91 Å². The maximum atomic E-state index is 12.8. The van der Waals surface area contributed by atoms with Gasteiger partial charge in [-0.05, 0) is 18.4 Å².